The summed E-state index contributed by atoms with van der Waals surface area (Å²) in [5.74, 6) is -0.205. The lowest BCUT2D eigenvalue weighted by molar-refractivity contribution is -0.114. The molecule has 0 atom stereocenters. The second-order valence-electron chi connectivity index (χ2n) is 3.04. The highest BCUT2D eigenvalue weighted by molar-refractivity contribution is 6.13. The van der Waals surface area contributed by atoms with Gasteiger partial charge in [0.1, 0.15) is 6.33 Å². The Balaban J connectivity index is 2.81. The van der Waals surface area contributed by atoms with E-state index < -0.39 is 0 Å². The third-order valence-corrected chi connectivity index (χ3v) is 1.85. The molecule has 0 aliphatic heterocycles. The number of carbonyl (C=O) groups is 1. The van der Waals surface area contributed by atoms with E-state index in [-0.39, 0.29) is 17.8 Å². The lowest BCUT2D eigenvalue weighted by Crippen LogP contribution is -2.13. The van der Waals surface area contributed by atoms with Crippen LogP contribution in [0.15, 0.2) is 29.9 Å². The Labute approximate surface area is 87.6 Å². The Bertz CT molecular complexity index is 393. The molecule has 0 unspecified atom stereocenters. The van der Waals surface area contributed by atoms with Crippen LogP contribution in [0.1, 0.15) is 12.6 Å². The van der Waals surface area contributed by atoms with Crippen molar-refractivity contribution in [2.75, 3.05) is 0 Å². The summed E-state index contributed by atoms with van der Waals surface area (Å²) >= 11 is 0. The van der Waals surface area contributed by atoms with Crippen molar-refractivity contribution in [3.05, 3.63) is 35.6 Å². The topological polar surface area (TPSA) is 92.7 Å². The van der Waals surface area contributed by atoms with Crippen molar-refractivity contribution in [1.82, 2.24) is 9.97 Å². The van der Waals surface area contributed by atoms with Gasteiger partial charge < -0.3 is 11.1 Å². The predicted octanol–water partition coefficient (Wildman–Crippen LogP) is 0.470. The van der Waals surface area contributed by atoms with Crippen molar-refractivity contribution in [3.8, 4) is 0 Å². The van der Waals surface area contributed by atoms with E-state index in [2.05, 4.69) is 9.97 Å². The van der Waals surface area contributed by atoms with Gasteiger partial charge in [-0.15, -0.1) is 0 Å². The smallest absolute Gasteiger partial charge is 0.172 e. The molecule has 1 rings (SSSR count). The molecule has 1 aromatic heterocycles. The van der Waals surface area contributed by atoms with E-state index >= 15 is 0 Å². The Morgan fingerprint density at radius 3 is 2.87 bits per heavy atom. The highest BCUT2D eigenvalue weighted by Gasteiger charge is 2.10. The Kier molecular flexibility index (Phi) is 3.68. The van der Waals surface area contributed by atoms with Gasteiger partial charge in [-0.2, -0.15) is 0 Å². The third kappa shape index (κ3) is 2.98. The summed E-state index contributed by atoms with van der Waals surface area (Å²) < 4.78 is 0. The van der Waals surface area contributed by atoms with Crippen molar-refractivity contribution in [1.29, 1.82) is 5.41 Å². The normalized spacial score (nSPS) is 11.8. The number of nitrogens with one attached hydrogen (secondary N) is 1. The fourth-order valence-corrected chi connectivity index (χ4v) is 1.10. The summed E-state index contributed by atoms with van der Waals surface area (Å²) in [4.78, 5) is 19.3. The van der Waals surface area contributed by atoms with Crippen LogP contribution < -0.4 is 5.73 Å². The molecule has 0 aliphatic carbocycles. The average Bonchev–Trinajstić information content (AvgIpc) is 2.19. The van der Waals surface area contributed by atoms with Crippen LogP contribution >= 0.6 is 0 Å². The van der Waals surface area contributed by atoms with E-state index in [0.717, 1.165) is 6.21 Å². The molecule has 3 N–H and O–H groups in total. The zero-order chi connectivity index (χ0) is 11.3. The predicted molar refractivity (Wildman–Crippen MR) is 56.4 cm³/mol. The number of rotatable bonds is 4. The van der Waals surface area contributed by atoms with Crippen LogP contribution in [0.25, 0.3) is 0 Å². The van der Waals surface area contributed by atoms with E-state index in [4.69, 9.17) is 11.1 Å². The van der Waals surface area contributed by atoms with Gasteiger partial charge in [0.2, 0.25) is 0 Å². The molecule has 0 saturated heterocycles. The number of hydrogen-bond acceptors (Lipinski definition) is 5. The van der Waals surface area contributed by atoms with E-state index in [1.807, 2.05) is 0 Å². The lowest BCUT2D eigenvalue weighted by atomic mass is 10.1. The molecule has 0 amide bonds. The Hall–Kier alpha value is -2.04. The van der Waals surface area contributed by atoms with Gasteiger partial charge >= 0.3 is 0 Å². The first-order valence-electron chi connectivity index (χ1n) is 4.40. The van der Waals surface area contributed by atoms with Gasteiger partial charge in [-0.25, -0.2) is 9.97 Å². The van der Waals surface area contributed by atoms with Crippen molar-refractivity contribution in [3.63, 3.8) is 0 Å². The third-order valence-electron chi connectivity index (χ3n) is 1.85. The zero-order valence-electron chi connectivity index (χ0n) is 8.40. The second-order valence-corrected chi connectivity index (χ2v) is 3.04. The molecule has 5 heteroatoms. The van der Waals surface area contributed by atoms with E-state index in [1.54, 1.807) is 19.2 Å². The number of allylic oxidation sites excluding steroid dienone is 2. The van der Waals surface area contributed by atoms with Crippen LogP contribution in [-0.2, 0) is 11.2 Å². The molecule has 1 aromatic rings. The van der Waals surface area contributed by atoms with E-state index in [0.29, 0.717) is 11.4 Å². The number of nitrogens with zero attached hydrogens (tertiary/aromatic N) is 2. The first-order valence-corrected chi connectivity index (χ1v) is 4.40. The SMILES string of the molecule is C/C(N)=C(/C=N)C(=O)Cc1ccncn1. The summed E-state index contributed by atoms with van der Waals surface area (Å²) in [6, 6.07) is 1.66. The van der Waals surface area contributed by atoms with Crippen LogP contribution in [0.2, 0.25) is 0 Å². The average molecular weight is 204 g/mol. The highest BCUT2D eigenvalue weighted by Crippen LogP contribution is 2.03. The zero-order valence-corrected chi connectivity index (χ0v) is 8.40. The highest BCUT2D eigenvalue weighted by atomic mass is 16.1. The number of carbonyl (C=O) groups excluding carboxylic acids is 1. The van der Waals surface area contributed by atoms with Gasteiger partial charge in [0.05, 0.1) is 17.7 Å². The number of nitrogens with two attached hydrogens (primary N) is 1. The van der Waals surface area contributed by atoms with Crippen molar-refractivity contribution in [2.45, 2.75) is 13.3 Å². The van der Waals surface area contributed by atoms with Crippen molar-refractivity contribution < 1.29 is 4.79 Å². The number of ketones is 1. The number of Topliss-reactive ketones (excluding diaryl/α,β-unsaturated/α-hetero) is 1. The fraction of sp³-hybridized carbons (Fsp3) is 0.200. The molecule has 0 spiro atoms. The van der Waals surface area contributed by atoms with Gasteiger partial charge in [0.15, 0.2) is 5.78 Å². The van der Waals surface area contributed by atoms with Crippen molar-refractivity contribution >= 4 is 12.0 Å². The maximum Gasteiger partial charge on any atom is 0.172 e. The van der Waals surface area contributed by atoms with E-state index in [9.17, 15) is 4.79 Å². The van der Waals surface area contributed by atoms with Crippen LogP contribution in [0.4, 0.5) is 0 Å². The minimum absolute atomic E-state index is 0.141. The van der Waals surface area contributed by atoms with Gasteiger partial charge in [0.25, 0.3) is 0 Å². The molecule has 0 fully saturated rings. The molecule has 0 aromatic carbocycles. The summed E-state index contributed by atoms with van der Waals surface area (Å²) in [5, 5.41) is 7.07. The molecule has 15 heavy (non-hydrogen) atoms. The monoisotopic (exact) mass is 204 g/mol. The fourth-order valence-electron chi connectivity index (χ4n) is 1.10. The largest absolute Gasteiger partial charge is 0.402 e. The Morgan fingerprint density at radius 1 is 1.67 bits per heavy atom. The maximum absolute atomic E-state index is 11.6. The second kappa shape index (κ2) is 4.99. The van der Waals surface area contributed by atoms with Crippen LogP contribution in [0.3, 0.4) is 0 Å². The lowest BCUT2D eigenvalue weighted by Gasteiger charge is -2.02. The summed E-state index contributed by atoms with van der Waals surface area (Å²) in [6.07, 6.45) is 4.06. The quantitative estimate of drug-likeness (QED) is 0.550. The minimum Gasteiger partial charge on any atom is -0.402 e. The van der Waals surface area contributed by atoms with Crippen LogP contribution in [0, 0.1) is 5.41 Å². The Morgan fingerprint density at radius 2 is 2.40 bits per heavy atom. The first-order chi connectivity index (χ1) is 7.15. The summed E-state index contributed by atoms with van der Waals surface area (Å²) in [7, 11) is 0. The van der Waals surface area contributed by atoms with Gasteiger partial charge in [-0.3, -0.25) is 4.79 Å². The summed E-state index contributed by atoms with van der Waals surface area (Å²) in [5.41, 5.74) is 6.68. The summed E-state index contributed by atoms with van der Waals surface area (Å²) in [6.45, 7) is 1.60. The molecular weight excluding hydrogens is 192 g/mol. The minimum atomic E-state index is -0.205. The van der Waals surface area contributed by atoms with Gasteiger partial charge in [-0.05, 0) is 13.0 Å². The molecular formula is C10H12N4O. The van der Waals surface area contributed by atoms with Crippen LogP contribution in [-0.4, -0.2) is 22.0 Å². The molecule has 0 radical (unpaired) electrons. The first kappa shape index (κ1) is 11.0. The maximum atomic E-state index is 11.6. The van der Waals surface area contributed by atoms with E-state index in [1.165, 1.54) is 6.33 Å². The number of aromatic nitrogens is 2. The number of hydrogen-bond donors (Lipinski definition) is 2. The molecule has 0 saturated carbocycles. The molecule has 0 bridgehead atoms. The van der Waals surface area contributed by atoms with Gasteiger partial charge in [-0.1, -0.05) is 0 Å². The van der Waals surface area contributed by atoms with Crippen LogP contribution in [0.5, 0.6) is 0 Å². The van der Waals surface area contributed by atoms with Crippen molar-refractivity contribution in [2.24, 2.45) is 5.73 Å². The van der Waals surface area contributed by atoms with Gasteiger partial charge in [0, 0.05) is 18.1 Å². The standard InChI is InChI=1S/C10H12N4O/c1-7(12)9(5-11)10(15)4-8-2-3-13-6-14-8/h2-3,5-6,11H,4,12H2,1H3/b9-7+,11-5?. The molecule has 1 heterocycles. The molecule has 5 nitrogen and oxygen atoms in total. The molecule has 78 valence electrons. The molecule has 0 aliphatic rings.